The molecule has 0 bridgehead atoms. The molecule has 2 unspecified atom stereocenters. The predicted molar refractivity (Wildman–Crippen MR) is 124 cm³/mol. The van der Waals surface area contributed by atoms with Gasteiger partial charge >= 0.3 is 0 Å². The number of ether oxygens (including phenoxy) is 1. The van der Waals surface area contributed by atoms with Crippen LogP contribution in [0.1, 0.15) is 43.4 Å². The number of hydrogen-bond acceptors (Lipinski definition) is 4. The molecule has 1 aromatic carbocycles. The summed E-state index contributed by atoms with van der Waals surface area (Å²) in [5.41, 5.74) is 1.31. The van der Waals surface area contributed by atoms with Gasteiger partial charge in [-0.3, -0.25) is 0 Å². The van der Waals surface area contributed by atoms with E-state index in [1.807, 2.05) is 24.6 Å². The Hall–Kier alpha value is -1.68. The van der Waals surface area contributed by atoms with E-state index < -0.39 is 0 Å². The van der Waals surface area contributed by atoms with E-state index in [9.17, 15) is 0 Å². The number of methoxy groups -OCH3 is 1. The van der Waals surface area contributed by atoms with E-state index in [-0.39, 0.29) is 30.0 Å². The Bertz CT molecular complexity index is 719. The summed E-state index contributed by atoms with van der Waals surface area (Å²) in [5, 5.41) is 15.2. The van der Waals surface area contributed by atoms with Crippen molar-refractivity contribution in [2.45, 2.75) is 45.7 Å². The van der Waals surface area contributed by atoms with Gasteiger partial charge < -0.3 is 19.9 Å². The number of nitrogens with one attached hydrogen (secondary N) is 2. The van der Waals surface area contributed by atoms with Crippen LogP contribution >= 0.6 is 24.0 Å². The number of halogens is 1. The fourth-order valence-corrected chi connectivity index (χ4v) is 2.70. The van der Waals surface area contributed by atoms with Crippen molar-refractivity contribution in [1.29, 1.82) is 0 Å². The average Bonchev–Trinajstić information content (AvgIpc) is 3.01. The minimum atomic E-state index is 0. The van der Waals surface area contributed by atoms with Gasteiger partial charge in [-0.15, -0.1) is 34.2 Å². The summed E-state index contributed by atoms with van der Waals surface area (Å²) in [6, 6.07) is 10.7. The van der Waals surface area contributed by atoms with E-state index in [1.165, 1.54) is 5.56 Å². The van der Waals surface area contributed by atoms with Gasteiger partial charge in [0.2, 0.25) is 0 Å². The molecule has 0 saturated heterocycles. The van der Waals surface area contributed by atoms with Crippen LogP contribution in [0.4, 0.5) is 0 Å². The van der Waals surface area contributed by atoms with Crippen LogP contribution in [0.25, 0.3) is 0 Å². The molecule has 0 amide bonds. The normalized spacial score (nSPS) is 13.5. The third-order valence-corrected chi connectivity index (χ3v) is 4.82. The van der Waals surface area contributed by atoms with E-state index in [1.54, 1.807) is 7.11 Å². The highest BCUT2D eigenvalue weighted by molar-refractivity contribution is 14.0. The SMILES string of the molecule is COCCCNC(=NCc1nnc(C)n1C)NC(C)C(C)c1ccccc1.I. The number of benzene rings is 1. The fraction of sp³-hybridized carbons (Fsp3) is 0.550. The fourth-order valence-electron chi connectivity index (χ4n) is 2.70. The Morgan fingerprint density at radius 3 is 2.54 bits per heavy atom. The number of aryl methyl sites for hydroxylation is 1. The van der Waals surface area contributed by atoms with Gasteiger partial charge in [-0.2, -0.15) is 0 Å². The third-order valence-electron chi connectivity index (χ3n) is 4.82. The zero-order valence-corrected chi connectivity index (χ0v) is 19.8. The Morgan fingerprint density at radius 1 is 1.21 bits per heavy atom. The maximum atomic E-state index is 5.13. The van der Waals surface area contributed by atoms with E-state index in [2.05, 4.69) is 58.9 Å². The van der Waals surface area contributed by atoms with Gasteiger partial charge in [0.1, 0.15) is 12.4 Å². The van der Waals surface area contributed by atoms with Crippen molar-refractivity contribution in [3.05, 3.63) is 47.5 Å². The quantitative estimate of drug-likeness (QED) is 0.240. The van der Waals surface area contributed by atoms with Gasteiger partial charge in [-0.05, 0) is 25.8 Å². The number of aromatic nitrogens is 3. The maximum absolute atomic E-state index is 5.13. The number of hydrogen-bond donors (Lipinski definition) is 2. The molecular weight excluding hydrogens is 467 g/mol. The molecule has 0 aliphatic carbocycles. The van der Waals surface area contributed by atoms with Crippen LogP contribution in [0.2, 0.25) is 0 Å². The third kappa shape index (κ3) is 7.38. The van der Waals surface area contributed by atoms with Gasteiger partial charge in [0.15, 0.2) is 11.8 Å². The molecule has 28 heavy (non-hydrogen) atoms. The smallest absolute Gasteiger partial charge is 0.191 e. The maximum Gasteiger partial charge on any atom is 0.191 e. The monoisotopic (exact) mass is 500 g/mol. The minimum Gasteiger partial charge on any atom is -0.385 e. The molecule has 8 heteroatoms. The predicted octanol–water partition coefficient (Wildman–Crippen LogP) is 3.01. The lowest BCUT2D eigenvalue weighted by molar-refractivity contribution is 0.195. The van der Waals surface area contributed by atoms with E-state index in [4.69, 9.17) is 9.73 Å². The molecule has 1 aromatic heterocycles. The van der Waals surface area contributed by atoms with E-state index >= 15 is 0 Å². The summed E-state index contributed by atoms with van der Waals surface area (Å²) in [6.07, 6.45) is 0.920. The van der Waals surface area contributed by atoms with Crippen LogP contribution in [0.15, 0.2) is 35.3 Å². The molecular formula is C20H33IN6O. The molecule has 156 valence electrons. The van der Waals surface area contributed by atoms with Crippen LogP contribution in [-0.4, -0.2) is 47.0 Å². The van der Waals surface area contributed by atoms with Crippen LogP contribution in [0, 0.1) is 6.92 Å². The van der Waals surface area contributed by atoms with Crippen molar-refractivity contribution < 1.29 is 4.74 Å². The summed E-state index contributed by atoms with van der Waals surface area (Å²) in [6.45, 7) is 8.33. The molecule has 2 atom stereocenters. The lowest BCUT2D eigenvalue weighted by Gasteiger charge is -2.24. The van der Waals surface area contributed by atoms with Crippen molar-refractivity contribution >= 4 is 29.9 Å². The minimum absolute atomic E-state index is 0. The molecule has 0 fully saturated rings. The number of guanidine groups is 1. The molecule has 2 N–H and O–H groups in total. The highest BCUT2D eigenvalue weighted by Gasteiger charge is 2.15. The zero-order chi connectivity index (χ0) is 19.6. The average molecular weight is 500 g/mol. The second kappa shape index (κ2) is 12.7. The number of aliphatic imine (C=N–C) groups is 1. The first-order valence-electron chi connectivity index (χ1n) is 9.46. The first kappa shape index (κ1) is 24.4. The number of nitrogens with zero attached hydrogens (tertiary/aromatic N) is 4. The van der Waals surface area contributed by atoms with Gasteiger partial charge in [-0.25, -0.2) is 4.99 Å². The Balaban J connectivity index is 0.00000392. The molecule has 0 saturated carbocycles. The standard InChI is InChI=1S/C20H32N6O.HI/c1-15(18-10-7-6-8-11-18)16(2)23-20(21-12-9-13-27-5)22-14-19-25-24-17(3)26(19)4;/h6-8,10-11,15-16H,9,12-14H2,1-5H3,(H2,21,22,23);1H. The van der Waals surface area contributed by atoms with Crippen molar-refractivity contribution in [2.24, 2.45) is 12.0 Å². The Labute approximate surface area is 185 Å². The molecule has 1 heterocycles. The molecule has 0 radical (unpaired) electrons. The summed E-state index contributed by atoms with van der Waals surface area (Å²) >= 11 is 0. The van der Waals surface area contributed by atoms with Gasteiger partial charge in [0.25, 0.3) is 0 Å². The van der Waals surface area contributed by atoms with Gasteiger partial charge in [-0.1, -0.05) is 37.3 Å². The van der Waals surface area contributed by atoms with Crippen LogP contribution in [0.3, 0.4) is 0 Å². The molecule has 0 spiro atoms. The van der Waals surface area contributed by atoms with E-state index in [0.717, 1.165) is 37.2 Å². The molecule has 2 aromatic rings. The van der Waals surface area contributed by atoms with Gasteiger partial charge in [0.05, 0.1) is 0 Å². The topological polar surface area (TPSA) is 76.4 Å². The van der Waals surface area contributed by atoms with Crippen LogP contribution in [0.5, 0.6) is 0 Å². The van der Waals surface area contributed by atoms with Crippen molar-refractivity contribution in [3.8, 4) is 0 Å². The summed E-state index contributed by atoms with van der Waals surface area (Å²) in [7, 11) is 3.67. The first-order valence-corrected chi connectivity index (χ1v) is 9.46. The highest BCUT2D eigenvalue weighted by Crippen LogP contribution is 2.18. The zero-order valence-electron chi connectivity index (χ0n) is 17.5. The number of rotatable bonds is 9. The highest BCUT2D eigenvalue weighted by atomic mass is 127. The Morgan fingerprint density at radius 2 is 1.93 bits per heavy atom. The van der Waals surface area contributed by atoms with Crippen LogP contribution in [-0.2, 0) is 18.3 Å². The second-order valence-electron chi connectivity index (χ2n) is 6.79. The van der Waals surface area contributed by atoms with Crippen molar-refractivity contribution in [1.82, 2.24) is 25.4 Å². The molecule has 0 aliphatic rings. The second-order valence-corrected chi connectivity index (χ2v) is 6.79. The summed E-state index contributed by atoms with van der Waals surface area (Å²) in [4.78, 5) is 4.71. The van der Waals surface area contributed by atoms with E-state index in [0.29, 0.717) is 12.5 Å². The molecule has 0 aliphatic heterocycles. The van der Waals surface area contributed by atoms with Crippen molar-refractivity contribution in [2.75, 3.05) is 20.3 Å². The molecule has 2 rings (SSSR count). The first-order chi connectivity index (χ1) is 13.0. The lowest BCUT2D eigenvalue weighted by Crippen LogP contribution is -2.44. The summed E-state index contributed by atoms with van der Waals surface area (Å²) in [5.74, 6) is 2.86. The van der Waals surface area contributed by atoms with Crippen molar-refractivity contribution in [3.63, 3.8) is 0 Å². The van der Waals surface area contributed by atoms with Crippen LogP contribution < -0.4 is 10.6 Å². The largest absolute Gasteiger partial charge is 0.385 e. The van der Waals surface area contributed by atoms with Gasteiger partial charge in [0, 0.05) is 39.3 Å². The molecule has 7 nitrogen and oxygen atoms in total. The summed E-state index contributed by atoms with van der Waals surface area (Å²) < 4.78 is 7.09. The Kier molecular flexibility index (Phi) is 11.1. The lowest BCUT2D eigenvalue weighted by atomic mass is 9.94.